The Hall–Kier alpha value is -2.67. The van der Waals surface area contributed by atoms with Crippen LogP contribution in [0.5, 0.6) is 0 Å². The standard InChI is InChI=1S/C21H24ClFN4O2/c22-18-12-15(23)5-8-19(18)27(13-28)11-9-14-3-6-16(7-4-14)26-21(29)17-2-1-10-25-20(17)24/h1-2,5,8,10,12-14,16H,3-4,6-7,9,11H2,(H2,24,25)(H,26,29). The number of pyridine rings is 1. The molecule has 1 aliphatic carbocycles. The number of nitrogens with zero attached hydrogens (tertiary/aromatic N) is 2. The molecule has 0 unspecified atom stereocenters. The summed E-state index contributed by atoms with van der Waals surface area (Å²) in [6.45, 7) is 0.517. The molecule has 0 spiro atoms. The van der Waals surface area contributed by atoms with Gasteiger partial charge < -0.3 is 16.0 Å². The second-order valence-corrected chi connectivity index (χ2v) is 7.72. The normalized spacial score (nSPS) is 18.8. The number of nitrogens with one attached hydrogen (secondary N) is 1. The molecule has 1 aliphatic rings. The highest BCUT2D eigenvalue weighted by Crippen LogP contribution is 2.30. The summed E-state index contributed by atoms with van der Waals surface area (Å²) in [7, 11) is 0. The minimum atomic E-state index is -0.432. The SMILES string of the molecule is Nc1ncccc1C(=O)NC1CCC(CCN(C=O)c2ccc(F)cc2Cl)CC1. The van der Waals surface area contributed by atoms with Crippen LogP contribution in [0.15, 0.2) is 36.5 Å². The van der Waals surface area contributed by atoms with E-state index >= 15 is 0 Å². The Kier molecular flexibility index (Phi) is 7.04. The Bertz CT molecular complexity index is 872. The molecule has 8 heteroatoms. The predicted molar refractivity (Wildman–Crippen MR) is 111 cm³/mol. The molecule has 0 atom stereocenters. The van der Waals surface area contributed by atoms with Gasteiger partial charge in [0.15, 0.2) is 0 Å². The summed E-state index contributed by atoms with van der Waals surface area (Å²) < 4.78 is 13.2. The van der Waals surface area contributed by atoms with Crippen molar-refractivity contribution in [1.29, 1.82) is 0 Å². The van der Waals surface area contributed by atoms with Gasteiger partial charge in [0, 0.05) is 18.8 Å². The third-order valence-electron chi connectivity index (χ3n) is 5.39. The van der Waals surface area contributed by atoms with Gasteiger partial charge in [-0.2, -0.15) is 0 Å². The van der Waals surface area contributed by atoms with Crippen molar-refractivity contribution in [2.45, 2.75) is 38.1 Å². The van der Waals surface area contributed by atoms with E-state index in [2.05, 4.69) is 10.3 Å². The van der Waals surface area contributed by atoms with E-state index in [1.807, 2.05) is 0 Å². The monoisotopic (exact) mass is 418 g/mol. The number of aromatic nitrogens is 1. The van der Waals surface area contributed by atoms with Crippen molar-refractivity contribution in [1.82, 2.24) is 10.3 Å². The second kappa shape index (κ2) is 9.69. The second-order valence-electron chi connectivity index (χ2n) is 7.31. The quantitative estimate of drug-likeness (QED) is 0.669. The van der Waals surface area contributed by atoms with E-state index in [0.29, 0.717) is 23.7 Å². The molecule has 1 aromatic heterocycles. The fraction of sp³-hybridized carbons (Fsp3) is 0.381. The van der Waals surface area contributed by atoms with E-state index in [9.17, 15) is 14.0 Å². The zero-order valence-electron chi connectivity index (χ0n) is 16.0. The van der Waals surface area contributed by atoms with Crippen molar-refractivity contribution in [3.05, 3.63) is 52.9 Å². The highest BCUT2D eigenvalue weighted by Gasteiger charge is 2.24. The molecule has 3 rings (SSSR count). The molecule has 6 nitrogen and oxygen atoms in total. The average Bonchev–Trinajstić information content (AvgIpc) is 2.71. The lowest BCUT2D eigenvalue weighted by molar-refractivity contribution is -0.107. The number of hydrogen-bond acceptors (Lipinski definition) is 4. The van der Waals surface area contributed by atoms with Crippen LogP contribution in [0.25, 0.3) is 0 Å². The summed E-state index contributed by atoms with van der Waals surface area (Å²) in [5.74, 6) is 0.0514. The number of rotatable bonds is 7. The molecular weight excluding hydrogens is 395 g/mol. The summed E-state index contributed by atoms with van der Waals surface area (Å²) in [4.78, 5) is 29.3. The topological polar surface area (TPSA) is 88.3 Å². The third-order valence-corrected chi connectivity index (χ3v) is 5.69. The Morgan fingerprint density at radius 3 is 2.72 bits per heavy atom. The minimum Gasteiger partial charge on any atom is -0.383 e. The van der Waals surface area contributed by atoms with E-state index in [1.54, 1.807) is 18.3 Å². The Morgan fingerprint density at radius 1 is 1.31 bits per heavy atom. The summed E-state index contributed by atoms with van der Waals surface area (Å²) in [6, 6.07) is 7.47. The molecule has 1 heterocycles. The molecule has 1 aromatic carbocycles. The van der Waals surface area contributed by atoms with E-state index < -0.39 is 5.82 Å². The van der Waals surface area contributed by atoms with Crippen molar-refractivity contribution in [3.8, 4) is 0 Å². The van der Waals surface area contributed by atoms with Gasteiger partial charge in [-0.1, -0.05) is 11.6 Å². The first kappa shape index (κ1) is 21.0. The molecule has 1 saturated carbocycles. The van der Waals surface area contributed by atoms with Crippen LogP contribution in [0.1, 0.15) is 42.5 Å². The maximum absolute atomic E-state index is 13.2. The van der Waals surface area contributed by atoms with Gasteiger partial charge in [-0.05, 0) is 68.4 Å². The van der Waals surface area contributed by atoms with Crippen LogP contribution in [0.2, 0.25) is 5.02 Å². The number of amides is 2. The van der Waals surface area contributed by atoms with Crippen LogP contribution in [0.3, 0.4) is 0 Å². The first-order chi connectivity index (χ1) is 14.0. The molecule has 1 fully saturated rings. The lowest BCUT2D eigenvalue weighted by Crippen LogP contribution is -2.38. The molecule has 2 amide bonds. The third kappa shape index (κ3) is 5.44. The van der Waals surface area contributed by atoms with Crippen LogP contribution in [0.4, 0.5) is 15.9 Å². The van der Waals surface area contributed by atoms with Gasteiger partial charge in [-0.25, -0.2) is 9.37 Å². The average molecular weight is 419 g/mol. The molecule has 29 heavy (non-hydrogen) atoms. The molecule has 2 aromatic rings. The van der Waals surface area contributed by atoms with Crippen LogP contribution < -0.4 is 16.0 Å². The number of benzene rings is 1. The summed E-state index contributed by atoms with van der Waals surface area (Å²) >= 11 is 6.06. The van der Waals surface area contributed by atoms with E-state index in [-0.39, 0.29) is 22.8 Å². The number of carbonyl (C=O) groups is 2. The van der Waals surface area contributed by atoms with Crippen molar-refractivity contribution >= 4 is 35.4 Å². The molecule has 0 bridgehead atoms. The van der Waals surface area contributed by atoms with Crippen molar-refractivity contribution < 1.29 is 14.0 Å². The molecule has 0 aliphatic heterocycles. The molecule has 0 saturated heterocycles. The van der Waals surface area contributed by atoms with E-state index in [1.165, 1.54) is 23.1 Å². The highest BCUT2D eigenvalue weighted by atomic mass is 35.5. The molecular formula is C21H24ClFN4O2. The molecule has 0 radical (unpaired) electrons. The van der Waals surface area contributed by atoms with Crippen LogP contribution in [-0.2, 0) is 4.79 Å². The fourth-order valence-electron chi connectivity index (χ4n) is 3.73. The first-order valence-electron chi connectivity index (χ1n) is 9.66. The summed E-state index contributed by atoms with van der Waals surface area (Å²) in [6.07, 6.45) is 6.75. The van der Waals surface area contributed by atoms with Gasteiger partial charge >= 0.3 is 0 Å². The first-order valence-corrected chi connectivity index (χ1v) is 10.0. The zero-order valence-corrected chi connectivity index (χ0v) is 16.7. The van der Waals surface area contributed by atoms with E-state index in [0.717, 1.165) is 38.5 Å². The van der Waals surface area contributed by atoms with Gasteiger partial charge in [-0.3, -0.25) is 9.59 Å². The Labute approximate surface area is 174 Å². The van der Waals surface area contributed by atoms with Gasteiger partial charge in [-0.15, -0.1) is 0 Å². The number of hydrogen-bond donors (Lipinski definition) is 2. The van der Waals surface area contributed by atoms with Gasteiger partial charge in [0.05, 0.1) is 16.3 Å². The van der Waals surface area contributed by atoms with Crippen molar-refractivity contribution in [3.63, 3.8) is 0 Å². The number of nitrogen functional groups attached to an aromatic ring is 1. The van der Waals surface area contributed by atoms with Gasteiger partial charge in [0.1, 0.15) is 11.6 Å². The minimum absolute atomic E-state index is 0.104. The van der Waals surface area contributed by atoms with Crippen LogP contribution in [-0.4, -0.2) is 29.9 Å². The number of anilines is 2. The highest BCUT2D eigenvalue weighted by molar-refractivity contribution is 6.33. The maximum Gasteiger partial charge on any atom is 0.255 e. The van der Waals surface area contributed by atoms with E-state index in [4.69, 9.17) is 17.3 Å². The van der Waals surface area contributed by atoms with Crippen LogP contribution >= 0.6 is 11.6 Å². The molecule has 3 N–H and O–H groups in total. The van der Waals surface area contributed by atoms with Crippen molar-refractivity contribution in [2.75, 3.05) is 17.2 Å². The van der Waals surface area contributed by atoms with Gasteiger partial charge in [0.2, 0.25) is 6.41 Å². The van der Waals surface area contributed by atoms with Crippen LogP contribution in [0, 0.1) is 11.7 Å². The Morgan fingerprint density at radius 2 is 2.07 bits per heavy atom. The largest absolute Gasteiger partial charge is 0.383 e. The van der Waals surface area contributed by atoms with Gasteiger partial charge in [0.25, 0.3) is 5.91 Å². The lowest BCUT2D eigenvalue weighted by atomic mass is 9.84. The number of halogens is 2. The summed E-state index contributed by atoms with van der Waals surface area (Å²) in [5, 5.41) is 3.25. The maximum atomic E-state index is 13.2. The van der Waals surface area contributed by atoms with Crippen molar-refractivity contribution in [2.24, 2.45) is 5.92 Å². The summed E-state index contributed by atoms with van der Waals surface area (Å²) in [5.41, 5.74) is 6.67. The zero-order chi connectivity index (χ0) is 20.8. The number of carbonyl (C=O) groups excluding carboxylic acids is 2. The predicted octanol–water partition coefficient (Wildman–Crippen LogP) is 3.80. The fourth-order valence-corrected chi connectivity index (χ4v) is 4.01. The smallest absolute Gasteiger partial charge is 0.255 e. The number of nitrogens with two attached hydrogens (primary N) is 1. The molecule has 154 valence electrons. The lowest BCUT2D eigenvalue weighted by Gasteiger charge is -2.30. The Balaban J connectivity index is 1.47.